The zero-order chi connectivity index (χ0) is 14.7. The average molecular weight is 307 g/mol. The second-order valence-electron chi connectivity index (χ2n) is 6.59. The zero-order valence-electron chi connectivity index (χ0n) is 12.6. The minimum absolute atomic E-state index is 0.0270. The van der Waals surface area contributed by atoms with Crippen LogP contribution in [0.15, 0.2) is 0 Å². The Balaban J connectivity index is 1.61. The minimum atomic E-state index is 0.0270. The Kier molecular flexibility index (Phi) is 4.60. The number of hydrogen-bond donors (Lipinski definition) is 2. The first-order valence-electron chi connectivity index (χ1n) is 8.19. The number of aryl methyl sites for hydroxylation is 2. The van der Waals surface area contributed by atoms with E-state index in [-0.39, 0.29) is 11.3 Å². The SMILES string of the molecule is NCC1(CC(=O)Nc2nc3c(s2)CCCC3)CCCCC1. The lowest BCUT2D eigenvalue weighted by Crippen LogP contribution is -2.36. The van der Waals surface area contributed by atoms with Crippen LogP contribution >= 0.6 is 11.3 Å². The summed E-state index contributed by atoms with van der Waals surface area (Å²) in [7, 11) is 0. The van der Waals surface area contributed by atoms with E-state index in [1.165, 1.54) is 42.7 Å². The molecule has 0 aromatic carbocycles. The Morgan fingerprint density at radius 2 is 1.95 bits per heavy atom. The van der Waals surface area contributed by atoms with Crippen molar-refractivity contribution in [3.63, 3.8) is 0 Å². The molecule has 1 amide bonds. The van der Waals surface area contributed by atoms with Gasteiger partial charge in [-0.1, -0.05) is 19.3 Å². The number of rotatable bonds is 4. The standard InChI is InChI=1S/C16H25N3OS/c17-11-16(8-4-1-5-9-16)10-14(20)19-15-18-12-6-2-3-7-13(12)21-15/h1-11,17H2,(H,18,19,20). The van der Waals surface area contributed by atoms with Crippen molar-refractivity contribution >= 4 is 22.4 Å². The van der Waals surface area contributed by atoms with Crippen molar-refractivity contribution in [3.8, 4) is 0 Å². The summed E-state index contributed by atoms with van der Waals surface area (Å²) in [6.45, 7) is 0.620. The van der Waals surface area contributed by atoms with E-state index in [0.29, 0.717) is 13.0 Å². The first-order valence-corrected chi connectivity index (χ1v) is 9.01. The van der Waals surface area contributed by atoms with Crippen LogP contribution in [0.4, 0.5) is 5.13 Å². The molecule has 1 fully saturated rings. The summed E-state index contributed by atoms with van der Waals surface area (Å²) in [5.74, 6) is 0.0912. The van der Waals surface area contributed by atoms with E-state index in [9.17, 15) is 4.79 Å². The van der Waals surface area contributed by atoms with Crippen LogP contribution in [0.5, 0.6) is 0 Å². The molecule has 0 atom stereocenters. The van der Waals surface area contributed by atoms with Crippen LogP contribution in [-0.2, 0) is 17.6 Å². The molecule has 2 aliphatic carbocycles. The summed E-state index contributed by atoms with van der Waals surface area (Å²) in [4.78, 5) is 18.3. The van der Waals surface area contributed by atoms with Gasteiger partial charge in [-0.15, -0.1) is 11.3 Å². The summed E-state index contributed by atoms with van der Waals surface area (Å²) >= 11 is 1.66. The number of hydrogen-bond acceptors (Lipinski definition) is 4. The van der Waals surface area contributed by atoms with E-state index in [1.807, 2.05) is 0 Å². The third-order valence-electron chi connectivity index (χ3n) is 4.97. The van der Waals surface area contributed by atoms with Crippen molar-refractivity contribution in [2.24, 2.45) is 11.1 Å². The Morgan fingerprint density at radius 1 is 1.19 bits per heavy atom. The van der Waals surface area contributed by atoms with Crippen molar-refractivity contribution in [1.82, 2.24) is 4.98 Å². The minimum Gasteiger partial charge on any atom is -0.330 e. The lowest BCUT2D eigenvalue weighted by Gasteiger charge is -2.35. The Bertz CT molecular complexity index is 482. The fraction of sp³-hybridized carbons (Fsp3) is 0.750. The molecule has 0 saturated heterocycles. The molecule has 1 saturated carbocycles. The first-order chi connectivity index (χ1) is 10.2. The molecule has 0 unspecified atom stereocenters. The van der Waals surface area contributed by atoms with Crippen molar-refractivity contribution in [3.05, 3.63) is 10.6 Å². The molecule has 0 radical (unpaired) electrons. The van der Waals surface area contributed by atoms with Crippen LogP contribution in [-0.4, -0.2) is 17.4 Å². The highest BCUT2D eigenvalue weighted by Gasteiger charge is 2.33. The summed E-state index contributed by atoms with van der Waals surface area (Å²) in [6, 6.07) is 0. The first kappa shape index (κ1) is 15.0. The van der Waals surface area contributed by atoms with Crippen LogP contribution in [0.3, 0.4) is 0 Å². The van der Waals surface area contributed by atoms with Crippen LogP contribution < -0.4 is 11.1 Å². The summed E-state index contributed by atoms with van der Waals surface area (Å²) in [5.41, 5.74) is 7.20. The Morgan fingerprint density at radius 3 is 2.67 bits per heavy atom. The number of nitrogens with zero attached hydrogens (tertiary/aromatic N) is 1. The second-order valence-corrected chi connectivity index (χ2v) is 7.67. The number of anilines is 1. The second kappa shape index (κ2) is 6.44. The quantitative estimate of drug-likeness (QED) is 0.897. The number of thiazole rings is 1. The normalized spacial score (nSPS) is 20.8. The molecule has 5 heteroatoms. The van der Waals surface area contributed by atoms with Gasteiger partial charge < -0.3 is 11.1 Å². The number of carbonyl (C=O) groups excluding carboxylic acids is 1. The summed E-state index contributed by atoms with van der Waals surface area (Å²) < 4.78 is 0. The van der Waals surface area contributed by atoms with Gasteiger partial charge in [0.05, 0.1) is 5.69 Å². The predicted octanol–water partition coefficient (Wildman–Crippen LogP) is 3.26. The molecular formula is C16H25N3OS. The molecule has 0 spiro atoms. The number of aromatic nitrogens is 1. The zero-order valence-corrected chi connectivity index (χ0v) is 13.4. The maximum absolute atomic E-state index is 12.4. The molecule has 4 nitrogen and oxygen atoms in total. The van der Waals surface area contributed by atoms with Gasteiger partial charge in [-0.05, 0) is 50.5 Å². The smallest absolute Gasteiger partial charge is 0.226 e. The van der Waals surface area contributed by atoms with E-state index in [0.717, 1.165) is 30.8 Å². The molecule has 3 rings (SSSR count). The molecule has 1 heterocycles. The fourth-order valence-corrected chi connectivity index (χ4v) is 4.73. The lowest BCUT2D eigenvalue weighted by molar-refractivity contribution is -0.118. The number of fused-ring (bicyclic) bond motifs is 1. The van der Waals surface area contributed by atoms with E-state index in [1.54, 1.807) is 11.3 Å². The van der Waals surface area contributed by atoms with Gasteiger partial charge in [0.2, 0.25) is 5.91 Å². The Labute approximate surface area is 130 Å². The molecule has 3 N–H and O–H groups in total. The number of carbonyl (C=O) groups is 1. The van der Waals surface area contributed by atoms with E-state index >= 15 is 0 Å². The van der Waals surface area contributed by atoms with Crippen molar-refractivity contribution in [1.29, 1.82) is 0 Å². The highest BCUT2D eigenvalue weighted by molar-refractivity contribution is 7.15. The van der Waals surface area contributed by atoms with E-state index in [4.69, 9.17) is 5.73 Å². The Hall–Kier alpha value is -0.940. The molecule has 21 heavy (non-hydrogen) atoms. The monoisotopic (exact) mass is 307 g/mol. The summed E-state index contributed by atoms with van der Waals surface area (Å²) in [6.07, 6.45) is 11.1. The molecule has 116 valence electrons. The van der Waals surface area contributed by atoms with Gasteiger partial charge in [-0.3, -0.25) is 4.79 Å². The van der Waals surface area contributed by atoms with Gasteiger partial charge in [0, 0.05) is 11.3 Å². The number of nitrogens with one attached hydrogen (secondary N) is 1. The third kappa shape index (κ3) is 3.46. The van der Waals surface area contributed by atoms with Crippen molar-refractivity contribution in [2.75, 3.05) is 11.9 Å². The van der Waals surface area contributed by atoms with Gasteiger partial charge in [0.15, 0.2) is 5.13 Å². The highest BCUT2D eigenvalue weighted by Crippen LogP contribution is 2.39. The van der Waals surface area contributed by atoms with Crippen LogP contribution in [0.2, 0.25) is 0 Å². The molecule has 1 aromatic heterocycles. The van der Waals surface area contributed by atoms with Gasteiger partial charge >= 0.3 is 0 Å². The largest absolute Gasteiger partial charge is 0.330 e. The van der Waals surface area contributed by atoms with Gasteiger partial charge in [0.1, 0.15) is 0 Å². The molecule has 2 aliphatic rings. The van der Waals surface area contributed by atoms with Crippen molar-refractivity contribution in [2.45, 2.75) is 64.2 Å². The number of amides is 1. The fourth-order valence-electron chi connectivity index (χ4n) is 3.66. The molecule has 0 bridgehead atoms. The van der Waals surface area contributed by atoms with Crippen LogP contribution in [0.25, 0.3) is 0 Å². The van der Waals surface area contributed by atoms with Crippen LogP contribution in [0, 0.1) is 5.41 Å². The van der Waals surface area contributed by atoms with Gasteiger partial charge in [-0.2, -0.15) is 0 Å². The van der Waals surface area contributed by atoms with Gasteiger partial charge in [0.25, 0.3) is 0 Å². The molecule has 0 aliphatic heterocycles. The van der Waals surface area contributed by atoms with E-state index < -0.39 is 0 Å². The van der Waals surface area contributed by atoms with Gasteiger partial charge in [-0.25, -0.2) is 4.98 Å². The number of nitrogens with two attached hydrogens (primary N) is 1. The maximum Gasteiger partial charge on any atom is 0.226 e. The van der Waals surface area contributed by atoms with Crippen molar-refractivity contribution < 1.29 is 4.79 Å². The van der Waals surface area contributed by atoms with Crippen LogP contribution in [0.1, 0.15) is 61.9 Å². The summed E-state index contributed by atoms with van der Waals surface area (Å²) in [5, 5.41) is 3.81. The average Bonchev–Trinajstić information content (AvgIpc) is 2.90. The lowest BCUT2D eigenvalue weighted by atomic mass is 9.72. The highest BCUT2D eigenvalue weighted by atomic mass is 32.1. The van der Waals surface area contributed by atoms with E-state index in [2.05, 4.69) is 10.3 Å². The molecular weight excluding hydrogens is 282 g/mol. The predicted molar refractivity (Wildman–Crippen MR) is 86.6 cm³/mol. The topological polar surface area (TPSA) is 68.0 Å². The molecule has 1 aromatic rings. The third-order valence-corrected chi connectivity index (χ3v) is 6.05. The maximum atomic E-state index is 12.4.